The summed E-state index contributed by atoms with van der Waals surface area (Å²) in [6.07, 6.45) is 2.74. The summed E-state index contributed by atoms with van der Waals surface area (Å²) in [7, 11) is -7.76. The van der Waals surface area contributed by atoms with Gasteiger partial charge in [-0.1, -0.05) is 6.07 Å². The van der Waals surface area contributed by atoms with Crippen molar-refractivity contribution in [3.05, 3.63) is 72.9 Å². The van der Waals surface area contributed by atoms with Gasteiger partial charge >= 0.3 is 0 Å². The Bertz CT molecular complexity index is 1330. The zero-order valence-corrected chi connectivity index (χ0v) is 18.4. The summed E-state index contributed by atoms with van der Waals surface area (Å²) in [5.41, 5.74) is 0.863. The fraction of sp³-hybridized carbons (Fsp3) is 0.143. The number of benzene rings is 2. The molecule has 1 saturated heterocycles. The Morgan fingerprint density at radius 3 is 1.97 bits per heavy atom. The standard InChI is InChI=1S/C21H20N4O5S2/c26-21-5-3-15-25(21)17-8-12-19(13-9-17)31(27,28)23-16-6-10-18(11-7-16)32(29,30)24-20-4-1-2-14-22-20/h1-2,4,6-14,23H,3,5,15H2,(H,22,24). The Morgan fingerprint density at radius 1 is 0.781 bits per heavy atom. The Balaban J connectivity index is 1.47. The Hall–Kier alpha value is -3.44. The third kappa shape index (κ3) is 4.73. The Kier molecular flexibility index (Phi) is 5.85. The third-order valence-electron chi connectivity index (χ3n) is 4.85. The van der Waals surface area contributed by atoms with Crippen LogP contribution in [0.15, 0.2) is 82.7 Å². The molecular formula is C21H20N4O5S2. The minimum atomic E-state index is -3.89. The van der Waals surface area contributed by atoms with Crippen LogP contribution in [0, 0.1) is 0 Å². The van der Waals surface area contributed by atoms with Crippen LogP contribution in [0.2, 0.25) is 0 Å². The topological polar surface area (TPSA) is 126 Å². The molecule has 166 valence electrons. The minimum Gasteiger partial charge on any atom is -0.312 e. The molecular weight excluding hydrogens is 452 g/mol. The maximum absolute atomic E-state index is 12.7. The van der Waals surface area contributed by atoms with Crippen LogP contribution in [0.3, 0.4) is 0 Å². The number of pyridine rings is 1. The van der Waals surface area contributed by atoms with E-state index in [9.17, 15) is 21.6 Å². The van der Waals surface area contributed by atoms with Gasteiger partial charge in [-0.15, -0.1) is 0 Å². The second-order valence-electron chi connectivity index (χ2n) is 7.09. The predicted molar refractivity (Wildman–Crippen MR) is 120 cm³/mol. The summed E-state index contributed by atoms with van der Waals surface area (Å²) in [5.74, 6) is 0.197. The lowest BCUT2D eigenvalue weighted by molar-refractivity contribution is -0.117. The van der Waals surface area contributed by atoms with Crippen molar-refractivity contribution in [2.24, 2.45) is 0 Å². The van der Waals surface area contributed by atoms with Gasteiger partial charge in [0.05, 0.1) is 9.79 Å². The fourth-order valence-corrected chi connectivity index (χ4v) is 5.33. The molecule has 1 aromatic heterocycles. The molecule has 0 atom stereocenters. The number of hydrogen-bond acceptors (Lipinski definition) is 6. The molecule has 32 heavy (non-hydrogen) atoms. The average Bonchev–Trinajstić information content (AvgIpc) is 3.20. The first kappa shape index (κ1) is 21.8. The monoisotopic (exact) mass is 472 g/mol. The molecule has 1 amide bonds. The maximum Gasteiger partial charge on any atom is 0.263 e. The van der Waals surface area contributed by atoms with Crippen molar-refractivity contribution in [2.75, 3.05) is 20.9 Å². The van der Waals surface area contributed by atoms with E-state index in [1.54, 1.807) is 29.2 Å². The lowest BCUT2D eigenvalue weighted by Gasteiger charge is -2.16. The highest BCUT2D eigenvalue weighted by molar-refractivity contribution is 7.93. The number of carbonyl (C=O) groups excluding carboxylic acids is 1. The second-order valence-corrected chi connectivity index (χ2v) is 10.5. The third-order valence-corrected chi connectivity index (χ3v) is 7.62. The summed E-state index contributed by atoms with van der Waals surface area (Å²) in [5, 5.41) is 0. The lowest BCUT2D eigenvalue weighted by Crippen LogP contribution is -2.23. The smallest absolute Gasteiger partial charge is 0.263 e. The molecule has 0 unspecified atom stereocenters. The van der Waals surface area contributed by atoms with Crippen molar-refractivity contribution < 1.29 is 21.6 Å². The van der Waals surface area contributed by atoms with Gasteiger partial charge in [-0.25, -0.2) is 21.8 Å². The number of carbonyl (C=O) groups is 1. The molecule has 1 fully saturated rings. The zero-order valence-electron chi connectivity index (χ0n) is 16.8. The number of nitrogens with one attached hydrogen (secondary N) is 2. The van der Waals surface area contributed by atoms with Crippen molar-refractivity contribution in [1.29, 1.82) is 0 Å². The average molecular weight is 473 g/mol. The molecule has 0 radical (unpaired) electrons. The van der Waals surface area contributed by atoms with Crippen LogP contribution in [0.5, 0.6) is 0 Å². The summed E-state index contributed by atoms with van der Waals surface area (Å²) in [6.45, 7) is 0.619. The van der Waals surface area contributed by atoms with Gasteiger partial charge in [-0.05, 0) is 67.1 Å². The van der Waals surface area contributed by atoms with Crippen LogP contribution >= 0.6 is 0 Å². The van der Waals surface area contributed by atoms with Crippen LogP contribution in [0.25, 0.3) is 0 Å². The van der Waals surface area contributed by atoms with E-state index in [1.807, 2.05) is 0 Å². The zero-order chi connectivity index (χ0) is 22.8. The van der Waals surface area contributed by atoms with E-state index in [2.05, 4.69) is 14.4 Å². The first-order chi connectivity index (χ1) is 15.2. The molecule has 1 aliphatic rings. The van der Waals surface area contributed by atoms with Crippen LogP contribution in [-0.2, 0) is 24.8 Å². The van der Waals surface area contributed by atoms with E-state index >= 15 is 0 Å². The molecule has 9 nitrogen and oxygen atoms in total. The van der Waals surface area contributed by atoms with Crippen molar-refractivity contribution >= 4 is 43.1 Å². The molecule has 0 aliphatic carbocycles. The number of anilines is 3. The van der Waals surface area contributed by atoms with E-state index in [0.29, 0.717) is 18.7 Å². The molecule has 2 aromatic carbocycles. The fourth-order valence-electron chi connectivity index (χ4n) is 3.26. The molecule has 0 spiro atoms. The van der Waals surface area contributed by atoms with Crippen LogP contribution < -0.4 is 14.3 Å². The highest BCUT2D eigenvalue weighted by atomic mass is 32.2. The van der Waals surface area contributed by atoms with Gasteiger partial charge in [0.2, 0.25) is 5.91 Å². The van der Waals surface area contributed by atoms with Gasteiger partial charge in [-0.3, -0.25) is 14.2 Å². The van der Waals surface area contributed by atoms with Gasteiger partial charge in [0.25, 0.3) is 20.0 Å². The lowest BCUT2D eigenvalue weighted by atomic mass is 10.3. The van der Waals surface area contributed by atoms with Crippen LogP contribution in [0.1, 0.15) is 12.8 Å². The number of sulfonamides is 2. The van der Waals surface area contributed by atoms with Gasteiger partial charge in [0.1, 0.15) is 5.82 Å². The van der Waals surface area contributed by atoms with Crippen LogP contribution in [-0.4, -0.2) is 34.3 Å². The second kappa shape index (κ2) is 8.60. The highest BCUT2D eigenvalue weighted by Crippen LogP contribution is 2.24. The molecule has 2 heterocycles. The summed E-state index contributed by atoms with van der Waals surface area (Å²) in [6, 6.07) is 16.2. The first-order valence-corrected chi connectivity index (χ1v) is 12.7. The summed E-state index contributed by atoms with van der Waals surface area (Å²) in [4.78, 5) is 17.4. The number of amides is 1. The Morgan fingerprint density at radius 2 is 1.41 bits per heavy atom. The van der Waals surface area contributed by atoms with E-state index < -0.39 is 20.0 Å². The molecule has 1 aliphatic heterocycles. The summed E-state index contributed by atoms with van der Waals surface area (Å²) < 4.78 is 55.1. The number of aromatic nitrogens is 1. The van der Waals surface area contributed by atoms with Gasteiger partial charge in [-0.2, -0.15) is 0 Å². The maximum atomic E-state index is 12.7. The highest BCUT2D eigenvalue weighted by Gasteiger charge is 2.23. The van der Waals surface area contributed by atoms with Crippen molar-refractivity contribution in [2.45, 2.75) is 22.6 Å². The molecule has 4 rings (SSSR count). The largest absolute Gasteiger partial charge is 0.312 e. The Labute approximate surface area is 186 Å². The van der Waals surface area contributed by atoms with Gasteiger partial charge in [0, 0.05) is 30.5 Å². The number of hydrogen-bond donors (Lipinski definition) is 2. The molecule has 2 N–H and O–H groups in total. The van der Waals surface area contributed by atoms with Gasteiger partial charge in [0.15, 0.2) is 0 Å². The predicted octanol–water partition coefficient (Wildman–Crippen LogP) is 2.81. The number of rotatable bonds is 7. The summed E-state index contributed by atoms with van der Waals surface area (Å²) >= 11 is 0. The minimum absolute atomic E-state index is 0.0197. The van der Waals surface area contributed by atoms with E-state index in [-0.39, 0.29) is 27.2 Å². The van der Waals surface area contributed by atoms with Crippen molar-refractivity contribution in [3.8, 4) is 0 Å². The van der Waals surface area contributed by atoms with Gasteiger partial charge < -0.3 is 4.90 Å². The molecule has 3 aromatic rings. The van der Waals surface area contributed by atoms with E-state index in [0.717, 1.165) is 6.42 Å². The van der Waals surface area contributed by atoms with E-state index in [1.165, 1.54) is 48.7 Å². The van der Waals surface area contributed by atoms with E-state index in [4.69, 9.17) is 0 Å². The number of nitrogens with zero attached hydrogens (tertiary/aromatic N) is 2. The SMILES string of the molecule is O=C1CCCN1c1ccc(S(=O)(=O)Nc2ccc(S(=O)(=O)Nc3ccccn3)cc2)cc1. The normalized spacial score (nSPS) is 14.4. The first-order valence-electron chi connectivity index (χ1n) is 9.72. The molecule has 0 bridgehead atoms. The quantitative estimate of drug-likeness (QED) is 0.545. The van der Waals surface area contributed by atoms with Crippen molar-refractivity contribution in [1.82, 2.24) is 4.98 Å². The molecule has 0 saturated carbocycles. The van der Waals surface area contributed by atoms with Crippen LogP contribution in [0.4, 0.5) is 17.2 Å². The van der Waals surface area contributed by atoms with Crippen molar-refractivity contribution in [3.63, 3.8) is 0 Å². The molecule has 11 heteroatoms.